The summed E-state index contributed by atoms with van der Waals surface area (Å²) < 4.78 is 0. The number of aliphatic carboxylic acids is 1. The van der Waals surface area contributed by atoms with Crippen LogP contribution in [0.4, 0.5) is 0 Å². The Hall–Kier alpha value is -2.04. The zero-order valence-corrected chi connectivity index (χ0v) is 11.2. The second kappa shape index (κ2) is 6.41. The predicted octanol–water partition coefficient (Wildman–Crippen LogP) is 1.69. The number of nitrogens with one attached hydrogen (secondary N) is 1. The fourth-order valence-corrected chi connectivity index (χ4v) is 2.28. The highest BCUT2D eigenvalue weighted by molar-refractivity contribution is 5.83. The highest BCUT2D eigenvalue weighted by Crippen LogP contribution is 2.29. The Morgan fingerprint density at radius 2 is 1.90 bits per heavy atom. The van der Waals surface area contributed by atoms with E-state index < -0.39 is 12.0 Å². The van der Waals surface area contributed by atoms with Crippen LogP contribution < -0.4 is 5.32 Å². The Labute approximate surface area is 117 Å². The van der Waals surface area contributed by atoms with Crippen LogP contribution in [-0.4, -0.2) is 28.1 Å². The van der Waals surface area contributed by atoms with E-state index in [4.69, 9.17) is 0 Å². The third kappa shape index (κ3) is 3.98. The van der Waals surface area contributed by atoms with Gasteiger partial charge in [0.1, 0.15) is 11.8 Å². The molecule has 20 heavy (non-hydrogen) atoms. The van der Waals surface area contributed by atoms with Gasteiger partial charge in [0.15, 0.2) is 0 Å². The highest BCUT2D eigenvalue weighted by atomic mass is 16.4. The van der Waals surface area contributed by atoms with E-state index in [9.17, 15) is 19.8 Å². The molecule has 2 rings (SSSR count). The molecule has 0 bridgehead atoms. The van der Waals surface area contributed by atoms with Crippen molar-refractivity contribution in [3.8, 4) is 5.75 Å². The molecule has 1 unspecified atom stereocenters. The van der Waals surface area contributed by atoms with Gasteiger partial charge in [0.25, 0.3) is 0 Å². The summed E-state index contributed by atoms with van der Waals surface area (Å²) >= 11 is 0. The van der Waals surface area contributed by atoms with E-state index in [0.29, 0.717) is 12.3 Å². The molecule has 0 spiro atoms. The van der Waals surface area contributed by atoms with Gasteiger partial charge in [0.2, 0.25) is 5.91 Å². The maximum absolute atomic E-state index is 11.8. The van der Waals surface area contributed by atoms with Crippen LogP contribution in [-0.2, 0) is 16.0 Å². The van der Waals surface area contributed by atoms with Crippen LogP contribution in [0.15, 0.2) is 24.3 Å². The number of benzene rings is 1. The normalized spacial score (nSPS) is 16.2. The summed E-state index contributed by atoms with van der Waals surface area (Å²) in [7, 11) is 0. The number of carbonyl (C=O) groups is 2. The molecule has 0 heterocycles. The molecule has 1 aromatic carbocycles. The summed E-state index contributed by atoms with van der Waals surface area (Å²) in [4.78, 5) is 23.0. The minimum absolute atomic E-state index is 0.134. The van der Waals surface area contributed by atoms with Gasteiger partial charge in [-0.15, -0.1) is 0 Å². The molecule has 3 N–H and O–H groups in total. The summed E-state index contributed by atoms with van der Waals surface area (Å²) in [5.74, 6) is -0.686. The van der Waals surface area contributed by atoms with Crippen LogP contribution in [0.2, 0.25) is 0 Å². The average Bonchev–Trinajstić information content (AvgIpc) is 2.35. The number of amides is 1. The van der Waals surface area contributed by atoms with E-state index in [0.717, 1.165) is 24.8 Å². The molecule has 1 aliphatic rings. The van der Waals surface area contributed by atoms with E-state index in [1.54, 1.807) is 12.1 Å². The van der Waals surface area contributed by atoms with Crippen molar-refractivity contribution in [3.05, 3.63) is 29.8 Å². The van der Waals surface area contributed by atoms with Crippen LogP contribution >= 0.6 is 0 Å². The van der Waals surface area contributed by atoms with Crippen LogP contribution in [0, 0.1) is 5.92 Å². The Morgan fingerprint density at radius 3 is 2.40 bits per heavy atom. The second-order valence-corrected chi connectivity index (χ2v) is 5.33. The van der Waals surface area contributed by atoms with Crippen LogP contribution in [0.25, 0.3) is 0 Å². The molecule has 0 aliphatic heterocycles. The van der Waals surface area contributed by atoms with E-state index >= 15 is 0 Å². The van der Waals surface area contributed by atoms with Gasteiger partial charge < -0.3 is 15.5 Å². The smallest absolute Gasteiger partial charge is 0.326 e. The van der Waals surface area contributed by atoms with Gasteiger partial charge in [-0.3, -0.25) is 4.79 Å². The molecule has 1 amide bonds. The lowest BCUT2D eigenvalue weighted by Gasteiger charge is -2.25. The van der Waals surface area contributed by atoms with Crippen LogP contribution in [0.5, 0.6) is 5.75 Å². The summed E-state index contributed by atoms with van der Waals surface area (Å²) in [5.41, 5.74) is 0.763. The predicted molar refractivity (Wildman–Crippen MR) is 73.3 cm³/mol. The number of phenolic OH excluding ortho intramolecular Hbond substituents is 1. The number of carbonyl (C=O) groups excluding carboxylic acids is 1. The second-order valence-electron chi connectivity index (χ2n) is 5.33. The van der Waals surface area contributed by atoms with Crippen molar-refractivity contribution in [1.82, 2.24) is 5.32 Å². The average molecular weight is 277 g/mol. The SMILES string of the molecule is O=C(CC1CCC1)NC(Cc1ccc(O)cc1)C(=O)O. The van der Waals surface area contributed by atoms with E-state index in [-0.39, 0.29) is 18.1 Å². The third-order valence-electron chi connectivity index (χ3n) is 3.71. The Balaban J connectivity index is 1.90. The fraction of sp³-hybridized carbons (Fsp3) is 0.467. The molecule has 0 saturated heterocycles. The lowest BCUT2D eigenvalue weighted by atomic mass is 9.83. The van der Waals surface area contributed by atoms with Crippen molar-refractivity contribution in [2.75, 3.05) is 0 Å². The molecular weight excluding hydrogens is 258 g/mol. The van der Waals surface area contributed by atoms with Crippen molar-refractivity contribution in [2.24, 2.45) is 5.92 Å². The third-order valence-corrected chi connectivity index (χ3v) is 3.71. The Bertz CT molecular complexity index is 479. The molecule has 0 radical (unpaired) electrons. The molecule has 1 aromatic rings. The first-order valence-electron chi connectivity index (χ1n) is 6.84. The number of carboxylic acids is 1. The molecule has 5 heteroatoms. The van der Waals surface area contributed by atoms with E-state index in [2.05, 4.69) is 5.32 Å². The topological polar surface area (TPSA) is 86.6 Å². The standard InChI is InChI=1S/C15H19NO4/c17-12-6-4-11(5-7-12)8-13(15(19)20)16-14(18)9-10-2-1-3-10/h4-7,10,13,17H,1-3,8-9H2,(H,16,18)(H,19,20). The zero-order valence-electron chi connectivity index (χ0n) is 11.2. The Kier molecular flexibility index (Phi) is 4.61. The summed E-state index contributed by atoms with van der Waals surface area (Å²) in [6.45, 7) is 0. The van der Waals surface area contributed by atoms with E-state index in [1.807, 2.05) is 0 Å². The number of hydrogen-bond acceptors (Lipinski definition) is 3. The molecule has 1 saturated carbocycles. The summed E-state index contributed by atoms with van der Waals surface area (Å²) in [6, 6.07) is 5.40. The lowest BCUT2D eigenvalue weighted by Crippen LogP contribution is -2.43. The van der Waals surface area contributed by atoms with Crippen molar-refractivity contribution in [1.29, 1.82) is 0 Å². The van der Waals surface area contributed by atoms with Crippen molar-refractivity contribution < 1.29 is 19.8 Å². The highest BCUT2D eigenvalue weighted by Gasteiger charge is 2.24. The number of carboxylic acid groups (broad SMARTS) is 1. The molecule has 5 nitrogen and oxygen atoms in total. The van der Waals surface area contributed by atoms with Gasteiger partial charge in [0, 0.05) is 12.8 Å². The fourth-order valence-electron chi connectivity index (χ4n) is 2.28. The largest absolute Gasteiger partial charge is 0.508 e. The first-order valence-corrected chi connectivity index (χ1v) is 6.84. The molecule has 1 aliphatic carbocycles. The maximum atomic E-state index is 11.8. The molecule has 1 atom stereocenters. The zero-order chi connectivity index (χ0) is 14.5. The van der Waals surface area contributed by atoms with Gasteiger partial charge in [-0.1, -0.05) is 18.6 Å². The van der Waals surface area contributed by atoms with Crippen LogP contribution in [0.1, 0.15) is 31.2 Å². The van der Waals surface area contributed by atoms with Crippen molar-refractivity contribution in [3.63, 3.8) is 0 Å². The minimum atomic E-state index is -1.04. The lowest BCUT2D eigenvalue weighted by molar-refractivity contribution is -0.142. The minimum Gasteiger partial charge on any atom is -0.508 e. The van der Waals surface area contributed by atoms with Gasteiger partial charge in [-0.2, -0.15) is 0 Å². The van der Waals surface area contributed by atoms with Gasteiger partial charge in [-0.25, -0.2) is 4.79 Å². The van der Waals surface area contributed by atoms with Crippen LogP contribution in [0.3, 0.4) is 0 Å². The summed E-state index contributed by atoms with van der Waals surface area (Å²) in [6.07, 6.45) is 3.91. The monoisotopic (exact) mass is 277 g/mol. The van der Waals surface area contributed by atoms with E-state index in [1.165, 1.54) is 12.1 Å². The van der Waals surface area contributed by atoms with Gasteiger partial charge in [0.05, 0.1) is 0 Å². The van der Waals surface area contributed by atoms with Gasteiger partial charge >= 0.3 is 5.97 Å². The first kappa shape index (κ1) is 14.4. The number of hydrogen-bond donors (Lipinski definition) is 3. The number of phenols is 1. The molecule has 108 valence electrons. The molecular formula is C15H19NO4. The van der Waals surface area contributed by atoms with Crippen molar-refractivity contribution >= 4 is 11.9 Å². The molecule has 0 aromatic heterocycles. The summed E-state index contributed by atoms with van der Waals surface area (Å²) in [5, 5.41) is 20.9. The number of rotatable bonds is 6. The first-order chi connectivity index (χ1) is 9.54. The molecule has 1 fully saturated rings. The van der Waals surface area contributed by atoms with Gasteiger partial charge in [-0.05, 0) is 36.5 Å². The van der Waals surface area contributed by atoms with Crippen molar-refractivity contribution in [2.45, 2.75) is 38.1 Å². The quantitative estimate of drug-likeness (QED) is 0.738. The Morgan fingerprint density at radius 1 is 1.25 bits per heavy atom. The number of aromatic hydroxyl groups is 1. The maximum Gasteiger partial charge on any atom is 0.326 e.